The minimum Gasteiger partial charge on any atom is -0.473 e. The van der Waals surface area contributed by atoms with E-state index in [0.29, 0.717) is 58.7 Å². The van der Waals surface area contributed by atoms with Gasteiger partial charge in [0.25, 0.3) is 0 Å². The van der Waals surface area contributed by atoms with Gasteiger partial charge in [-0.15, -0.1) is 11.3 Å². The summed E-state index contributed by atoms with van der Waals surface area (Å²) < 4.78 is 26.6. The lowest BCUT2D eigenvalue weighted by molar-refractivity contribution is 0.117. The molecule has 0 spiro atoms. The van der Waals surface area contributed by atoms with Crippen LogP contribution in [0.25, 0.3) is 22.9 Å². The first-order valence-electron chi connectivity index (χ1n) is 14.8. The van der Waals surface area contributed by atoms with Gasteiger partial charge >= 0.3 is 0 Å². The second kappa shape index (κ2) is 12.0. The number of aryl methyl sites for hydroxylation is 2. The number of halogens is 1. The molecule has 5 heterocycles. The van der Waals surface area contributed by atoms with E-state index in [2.05, 4.69) is 28.3 Å². The van der Waals surface area contributed by atoms with Crippen molar-refractivity contribution in [2.24, 2.45) is 7.05 Å². The molecule has 4 aromatic rings. The summed E-state index contributed by atoms with van der Waals surface area (Å²) in [5, 5.41) is 23.7. The summed E-state index contributed by atoms with van der Waals surface area (Å²) in [6, 6.07) is 3.98. The highest BCUT2D eigenvalue weighted by atomic mass is 32.1. The number of likely N-dealkylation sites (N-methyl/N-ethyl adjacent to an activating group) is 1. The lowest BCUT2D eigenvalue weighted by Crippen LogP contribution is -2.38. The van der Waals surface area contributed by atoms with Crippen LogP contribution in [-0.2, 0) is 19.9 Å². The molecule has 0 aromatic carbocycles. The number of unbranched alkanes of at least 4 members (excludes halogenated alkanes) is 1. The molecule has 0 amide bonds. The molecule has 0 bridgehead atoms. The molecule has 11 nitrogen and oxygen atoms in total. The van der Waals surface area contributed by atoms with Crippen molar-refractivity contribution in [3.63, 3.8) is 0 Å². The lowest BCUT2D eigenvalue weighted by Gasteiger charge is -2.26. The van der Waals surface area contributed by atoms with E-state index >= 15 is 0 Å². The highest BCUT2D eigenvalue weighted by Crippen LogP contribution is 2.47. The van der Waals surface area contributed by atoms with E-state index in [1.165, 1.54) is 16.1 Å². The Balaban J connectivity index is 1.44. The third-order valence-electron chi connectivity index (χ3n) is 8.50. The normalized spacial score (nSPS) is 21.1. The molecule has 226 valence electrons. The maximum absolute atomic E-state index is 14.2. The molecule has 43 heavy (non-hydrogen) atoms. The van der Waals surface area contributed by atoms with Gasteiger partial charge in [-0.3, -0.25) is 4.90 Å². The highest BCUT2D eigenvalue weighted by molar-refractivity contribution is 7.16. The Morgan fingerprint density at radius 2 is 2.14 bits per heavy atom. The SMILES string of the molecule is CCCCc1c(-c2nc(O[C@@H](C)[C@@H]3C[C@@H](F)CN3C)cc(-c3cnn(C)n3)n2)noc1[C@H]1CCCc2sc(N)c(C#N)c21. The molecule has 4 aromatic heterocycles. The molecule has 1 aliphatic heterocycles. The third kappa shape index (κ3) is 5.61. The van der Waals surface area contributed by atoms with E-state index in [0.717, 1.165) is 53.9 Å². The Labute approximate surface area is 253 Å². The van der Waals surface area contributed by atoms with Gasteiger partial charge in [-0.1, -0.05) is 18.5 Å². The van der Waals surface area contributed by atoms with Crippen LogP contribution in [0, 0.1) is 11.3 Å². The zero-order valence-electron chi connectivity index (χ0n) is 24.9. The summed E-state index contributed by atoms with van der Waals surface area (Å²) in [7, 11) is 3.65. The molecule has 1 saturated heterocycles. The second-order valence-corrected chi connectivity index (χ2v) is 12.6. The number of fused-ring (bicyclic) bond motifs is 1. The van der Waals surface area contributed by atoms with E-state index in [9.17, 15) is 9.65 Å². The fourth-order valence-corrected chi connectivity index (χ4v) is 7.51. The Kier molecular flexibility index (Phi) is 8.15. The van der Waals surface area contributed by atoms with Crippen LogP contribution in [0.2, 0.25) is 0 Å². The molecule has 4 atom stereocenters. The average Bonchev–Trinajstić information content (AvgIpc) is 3.76. The molecule has 0 unspecified atom stereocenters. The van der Waals surface area contributed by atoms with Gasteiger partial charge < -0.3 is 15.0 Å². The predicted molar refractivity (Wildman–Crippen MR) is 160 cm³/mol. The third-order valence-corrected chi connectivity index (χ3v) is 9.59. The number of ether oxygens (including phenoxy) is 1. The Morgan fingerprint density at radius 1 is 1.30 bits per heavy atom. The van der Waals surface area contributed by atoms with Crippen molar-refractivity contribution in [1.82, 2.24) is 35.0 Å². The predicted octanol–water partition coefficient (Wildman–Crippen LogP) is 5.06. The van der Waals surface area contributed by atoms with Crippen molar-refractivity contribution in [3.05, 3.63) is 39.6 Å². The number of aromatic nitrogens is 6. The van der Waals surface area contributed by atoms with E-state index in [-0.39, 0.29) is 18.1 Å². The summed E-state index contributed by atoms with van der Waals surface area (Å²) in [6.45, 7) is 4.45. The van der Waals surface area contributed by atoms with Crippen LogP contribution in [0.5, 0.6) is 5.88 Å². The summed E-state index contributed by atoms with van der Waals surface area (Å²) >= 11 is 1.50. The number of rotatable bonds is 9. The fraction of sp³-hybridized carbons (Fsp3) is 0.533. The van der Waals surface area contributed by atoms with Crippen molar-refractivity contribution in [3.8, 4) is 34.9 Å². The van der Waals surface area contributed by atoms with Gasteiger partial charge in [-0.25, -0.2) is 9.37 Å². The molecule has 6 rings (SSSR count). The topological polar surface area (TPSA) is 145 Å². The summed E-state index contributed by atoms with van der Waals surface area (Å²) in [6.07, 6.45) is 6.16. The maximum Gasteiger partial charge on any atom is 0.217 e. The number of nitrogens with zero attached hydrogens (tertiary/aromatic N) is 8. The van der Waals surface area contributed by atoms with Gasteiger partial charge in [0.2, 0.25) is 5.88 Å². The van der Waals surface area contributed by atoms with E-state index in [1.807, 2.05) is 18.9 Å². The number of likely N-dealkylation sites (tertiary alicyclic amines) is 1. The first-order valence-corrected chi connectivity index (χ1v) is 15.7. The van der Waals surface area contributed by atoms with Crippen LogP contribution in [0.4, 0.5) is 9.39 Å². The van der Waals surface area contributed by atoms with Gasteiger partial charge in [-0.05, 0) is 58.1 Å². The first-order chi connectivity index (χ1) is 20.8. The van der Waals surface area contributed by atoms with Crippen molar-refractivity contribution in [2.45, 2.75) is 83.0 Å². The molecule has 1 aliphatic carbocycles. The van der Waals surface area contributed by atoms with Gasteiger partial charge in [0.05, 0.1) is 11.8 Å². The number of nitrogen functional groups attached to an aromatic ring is 1. The molecule has 1 fully saturated rings. The van der Waals surface area contributed by atoms with Crippen LogP contribution in [0.1, 0.15) is 79.2 Å². The van der Waals surface area contributed by atoms with Crippen LogP contribution >= 0.6 is 11.3 Å². The molecule has 2 N–H and O–H groups in total. The van der Waals surface area contributed by atoms with Crippen molar-refractivity contribution in [2.75, 3.05) is 19.3 Å². The van der Waals surface area contributed by atoms with Gasteiger partial charge in [0.1, 0.15) is 40.5 Å². The van der Waals surface area contributed by atoms with Gasteiger partial charge in [0, 0.05) is 42.1 Å². The van der Waals surface area contributed by atoms with E-state index < -0.39 is 6.17 Å². The van der Waals surface area contributed by atoms with Crippen molar-refractivity contribution < 1.29 is 13.7 Å². The van der Waals surface area contributed by atoms with Gasteiger partial charge in [-0.2, -0.15) is 25.2 Å². The largest absolute Gasteiger partial charge is 0.473 e. The maximum atomic E-state index is 14.2. The summed E-state index contributed by atoms with van der Waals surface area (Å²) in [5.41, 5.74) is 10.3. The Bertz CT molecular complexity index is 1660. The number of nitrogens with two attached hydrogens (primary N) is 1. The number of nitriles is 1. The smallest absolute Gasteiger partial charge is 0.217 e. The first kappa shape index (κ1) is 29.2. The molecular weight excluding hydrogens is 569 g/mol. The minimum atomic E-state index is -0.882. The Morgan fingerprint density at radius 3 is 2.84 bits per heavy atom. The summed E-state index contributed by atoms with van der Waals surface area (Å²) in [4.78, 5) is 14.3. The number of hydrogen-bond donors (Lipinski definition) is 1. The van der Waals surface area contributed by atoms with Crippen molar-refractivity contribution >= 4 is 16.3 Å². The lowest BCUT2D eigenvalue weighted by atomic mass is 9.81. The highest BCUT2D eigenvalue weighted by Gasteiger charge is 2.36. The van der Waals surface area contributed by atoms with Crippen LogP contribution in [0.3, 0.4) is 0 Å². The van der Waals surface area contributed by atoms with Crippen molar-refractivity contribution in [1.29, 1.82) is 5.26 Å². The minimum absolute atomic E-state index is 0.0833. The molecule has 2 aliphatic rings. The number of alkyl halides is 1. The number of hydrogen-bond acceptors (Lipinski definition) is 11. The van der Waals surface area contributed by atoms with Gasteiger partial charge in [0.15, 0.2) is 11.5 Å². The standard InChI is InChI=1S/C30H36FN9O2S/c1-5-6-8-19-27(38-42-28(19)18-9-7-10-24-26(18)20(13-32)29(33)43-24)30-35-21(22-14-34-40(4)37-22)12-25(36-30)41-16(2)23-11-17(31)15-39(23)3/h12,14,16-18,23H,5-11,15,33H2,1-4H3/t16-,17+,18-,23-/m0/s1. The average molecular weight is 606 g/mol. The fourth-order valence-electron chi connectivity index (χ4n) is 6.39. The van der Waals surface area contributed by atoms with E-state index in [1.54, 1.807) is 19.3 Å². The Hall–Kier alpha value is -3.89. The van der Waals surface area contributed by atoms with Crippen LogP contribution in [0.15, 0.2) is 16.8 Å². The number of anilines is 1. The molecular formula is C30H36FN9O2S. The quantitative estimate of drug-likeness (QED) is 0.275. The molecule has 0 radical (unpaired) electrons. The van der Waals surface area contributed by atoms with Crippen LogP contribution in [-0.4, -0.2) is 66.9 Å². The zero-order valence-corrected chi connectivity index (χ0v) is 25.7. The van der Waals surface area contributed by atoms with Crippen LogP contribution < -0.4 is 10.5 Å². The molecule has 13 heteroatoms. The van der Waals surface area contributed by atoms with E-state index in [4.69, 9.17) is 25.0 Å². The summed E-state index contributed by atoms with van der Waals surface area (Å²) in [5.74, 6) is 1.32. The number of thiophene rings is 1. The monoisotopic (exact) mass is 605 g/mol. The zero-order chi connectivity index (χ0) is 30.2. The second-order valence-electron chi connectivity index (χ2n) is 11.5. The molecule has 0 saturated carbocycles.